The molecule has 23 heavy (non-hydrogen) atoms. The number of benzene rings is 2. The molecule has 122 valence electrons. The zero-order chi connectivity index (χ0) is 17.6. The molecule has 0 saturated heterocycles. The number of hydrogen-bond acceptors (Lipinski definition) is 6. The number of phenols is 1. The van der Waals surface area contributed by atoms with Gasteiger partial charge >= 0.3 is 5.97 Å². The minimum atomic E-state index is -0.833. The number of carboxylic acids is 1. The normalized spacial score (nSPS) is 9.65. The first-order chi connectivity index (χ1) is 10.8. The molecule has 0 aliphatic carbocycles. The number of esters is 1. The number of rotatable bonds is 3. The van der Waals surface area contributed by atoms with Crippen LogP contribution in [0.2, 0.25) is 0 Å². The lowest BCUT2D eigenvalue weighted by molar-refractivity contribution is -0.384. The van der Waals surface area contributed by atoms with Gasteiger partial charge in [0.25, 0.3) is 11.7 Å². The molecule has 0 saturated carbocycles. The number of fused-ring (bicyclic) bond motifs is 1. The zero-order valence-corrected chi connectivity index (χ0v) is 12.5. The Kier molecular flexibility index (Phi) is 6.02. The molecule has 0 aliphatic rings. The zero-order valence-electron chi connectivity index (χ0n) is 12.5. The van der Waals surface area contributed by atoms with Crippen molar-refractivity contribution in [3.8, 4) is 5.75 Å². The van der Waals surface area contributed by atoms with Crippen LogP contribution in [-0.2, 0) is 9.53 Å². The van der Waals surface area contributed by atoms with Gasteiger partial charge in [-0.25, -0.2) is 4.79 Å². The van der Waals surface area contributed by atoms with Gasteiger partial charge in [0.15, 0.2) is 0 Å². The van der Waals surface area contributed by atoms with E-state index in [2.05, 4.69) is 0 Å². The van der Waals surface area contributed by atoms with Gasteiger partial charge in [-0.2, -0.15) is 0 Å². The second-order valence-electron chi connectivity index (χ2n) is 4.40. The van der Waals surface area contributed by atoms with Gasteiger partial charge in [-0.15, -0.1) is 0 Å². The molecule has 2 aromatic rings. The smallest absolute Gasteiger partial charge is 0.338 e. The summed E-state index contributed by atoms with van der Waals surface area (Å²) in [6, 6.07) is 6.83. The summed E-state index contributed by atoms with van der Waals surface area (Å²) in [5, 5.41) is 28.8. The molecule has 0 atom stereocenters. The first-order valence-corrected chi connectivity index (χ1v) is 6.54. The van der Waals surface area contributed by atoms with Crippen molar-refractivity contribution in [3.05, 3.63) is 46.0 Å². The van der Waals surface area contributed by atoms with E-state index < -0.39 is 16.9 Å². The van der Waals surface area contributed by atoms with Gasteiger partial charge in [-0.3, -0.25) is 14.9 Å². The highest BCUT2D eigenvalue weighted by atomic mass is 16.6. The minimum Gasteiger partial charge on any atom is -0.507 e. The van der Waals surface area contributed by atoms with Crippen molar-refractivity contribution in [2.75, 3.05) is 6.61 Å². The molecule has 0 bridgehead atoms. The Morgan fingerprint density at radius 1 is 1.26 bits per heavy atom. The summed E-state index contributed by atoms with van der Waals surface area (Å²) in [4.78, 5) is 30.7. The van der Waals surface area contributed by atoms with Gasteiger partial charge in [0.05, 0.1) is 17.1 Å². The van der Waals surface area contributed by atoms with Gasteiger partial charge in [0.2, 0.25) is 0 Å². The molecule has 0 amide bonds. The number of non-ortho nitro benzene ring substituents is 1. The van der Waals surface area contributed by atoms with Gasteiger partial charge in [0.1, 0.15) is 5.75 Å². The van der Waals surface area contributed by atoms with E-state index in [-0.39, 0.29) is 23.6 Å². The van der Waals surface area contributed by atoms with Gasteiger partial charge < -0.3 is 14.9 Å². The largest absolute Gasteiger partial charge is 0.507 e. The summed E-state index contributed by atoms with van der Waals surface area (Å²) in [6.07, 6.45) is 0. The lowest BCUT2D eigenvalue weighted by Crippen LogP contribution is -2.04. The monoisotopic (exact) mass is 321 g/mol. The fraction of sp³-hybridized carbons (Fsp3) is 0.200. The maximum absolute atomic E-state index is 11.6. The van der Waals surface area contributed by atoms with Crippen molar-refractivity contribution in [3.63, 3.8) is 0 Å². The van der Waals surface area contributed by atoms with Crippen LogP contribution in [-0.4, -0.2) is 33.7 Å². The highest BCUT2D eigenvalue weighted by Crippen LogP contribution is 2.30. The Labute approximate surface area is 131 Å². The van der Waals surface area contributed by atoms with E-state index in [4.69, 9.17) is 14.6 Å². The molecule has 0 unspecified atom stereocenters. The van der Waals surface area contributed by atoms with Crippen molar-refractivity contribution < 1.29 is 29.5 Å². The molecular weight excluding hydrogens is 306 g/mol. The fourth-order valence-electron chi connectivity index (χ4n) is 1.77. The third kappa shape index (κ3) is 4.95. The quantitative estimate of drug-likeness (QED) is 0.505. The number of nitro benzene ring substituents is 1. The summed E-state index contributed by atoms with van der Waals surface area (Å²) in [5.74, 6) is -1.57. The highest BCUT2D eigenvalue weighted by Gasteiger charge is 2.13. The van der Waals surface area contributed by atoms with Gasteiger partial charge in [0, 0.05) is 24.4 Å². The second-order valence-corrected chi connectivity index (χ2v) is 4.40. The molecule has 0 spiro atoms. The third-order valence-corrected chi connectivity index (χ3v) is 2.64. The van der Waals surface area contributed by atoms with Crippen molar-refractivity contribution in [2.45, 2.75) is 13.8 Å². The van der Waals surface area contributed by atoms with Crippen molar-refractivity contribution in [1.29, 1.82) is 0 Å². The molecule has 2 aromatic carbocycles. The summed E-state index contributed by atoms with van der Waals surface area (Å²) >= 11 is 0. The van der Waals surface area contributed by atoms with Gasteiger partial charge in [-0.05, 0) is 30.5 Å². The molecule has 0 radical (unpaired) electrons. The van der Waals surface area contributed by atoms with Crippen LogP contribution in [0.25, 0.3) is 10.8 Å². The van der Waals surface area contributed by atoms with E-state index in [0.29, 0.717) is 10.8 Å². The van der Waals surface area contributed by atoms with E-state index in [1.165, 1.54) is 30.3 Å². The molecule has 0 fully saturated rings. The number of carbonyl (C=O) groups excluding carboxylic acids is 1. The first-order valence-electron chi connectivity index (χ1n) is 6.54. The predicted molar refractivity (Wildman–Crippen MR) is 81.5 cm³/mol. The number of phenolic OH excluding ortho intramolecular Hbond substituents is 1. The number of ether oxygens (including phenoxy) is 1. The van der Waals surface area contributed by atoms with Crippen molar-refractivity contribution in [2.24, 2.45) is 0 Å². The Hall–Kier alpha value is -3.16. The average molecular weight is 321 g/mol. The molecular formula is C15H15NO7. The molecule has 0 aliphatic heterocycles. The van der Waals surface area contributed by atoms with Crippen molar-refractivity contribution >= 4 is 28.4 Å². The van der Waals surface area contributed by atoms with Crippen LogP contribution >= 0.6 is 0 Å². The topological polar surface area (TPSA) is 127 Å². The lowest BCUT2D eigenvalue weighted by atomic mass is 10.1. The Bertz CT molecular complexity index is 751. The van der Waals surface area contributed by atoms with Crippen LogP contribution in [0.5, 0.6) is 5.75 Å². The standard InChI is InChI=1S/C13H11NO5.C2H4O2/c1-2-19-13(16)9-5-8-3-4-10(14(17)18)7-11(8)12(15)6-9;1-2(3)4/h3-7,15H,2H2,1H3;1H3,(H,3,4). The summed E-state index contributed by atoms with van der Waals surface area (Å²) in [7, 11) is 0. The van der Waals surface area contributed by atoms with Crippen molar-refractivity contribution in [1.82, 2.24) is 0 Å². The third-order valence-electron chi connectivity index (χ3n) is 2.64. The number of nitro groups is 1. The highest BCUT2D eigenvalue weighted by molar-refractivity contribution is 5.98. The molecule has 8 nitrogen and oxygen atoms in total. The van der Waals surface area contributed by atoms with E-state index in [0.717, 1.165) is 6.92 Å². The van der Waals surface area contributed by atoms with Crippen LogP contribution in [0.15, 0.2) is 30.3 Å². The predicted octanol–water partition coefficient (Wildman–Crippen LogP) is 2.72. The lowest BCUT2D eigenvalue weighted by Gasteiger charge is -2.06. The number of nitrogens with zero attached hydrogens (tertiary/aromatic N) is 1. The van der Waals surface area contributed by atoms with E-state index in [1.54, 1.807) is 6.92 Å². The number of hydrogen-bond donors (Lipinski definition) is 2. The molecule has 2 rings (SSSR count). The molecule has 2 N–H and O–H groups in total. The number of aliphatic carboxylic acids is 1. The Morgan fingerprint density at radius 3 is 2.39 bits per heavy atom. The number of aromatic hydroxyl groups is 1. The Morgan fingerprint density at radius 2 is 1.87 bits per heavy atom. The van der Waals surface area contributed by atoms with E-state index in [9.17, 15) is 20.0 Å². The van der Waals surface area contributed by atoms with E-state index in [1.807, 2.05) is 0 Å². The van der Waals surface area contributed by atoms with Crippen LogP contribution in [0, 0.1) is 10.1 Å². The Balaban J connectivity index is 0.000000593. The maximum Gasteiger partial charge on any atom is 0.338 e. The minimum absolute atomic E-state index is 0.119. The number of carboxylic acid groups (broad SMARTS) is 1. The SMILES string of the molecule is CC(=O)O.CCOC(=O)c1cc(O)c2cc([N+](=O)[O-])ccc2c1. The summed E-state index contributed by atoms with van der Waals surface area (Å²) < 4.78 is 4.84. The maximum atomic E-state index is 11.6. The second kappa shape index (κ2) is 7.74. The van der Waals surface area contributed by atoms with E-state index >= 15 is 0 Å². The summed E-state index contributed by atoms with van der Waals surface area (Å²) in [6.45, 7) is 3.00. The molecule has 0 heterocycles. The molecule has 8 heteroatoms. The first kappa shape index (κ1) is 17.9. The molecule has 0 aromatic heterocycles. The van der Waals surface area contributed by atoms with Crippen LogP contribution in [0.4, 0.5) is 5.69 Å². The van der Waals surface area contributed by atoms with Crippen LogP contribution in [0.3, 0.4) is 0 Å². The summed E-state index contributed by atoms with van der Waals surface area (Å²) in [5.41, 5.74) is 0.0902. The fourth-order valence-corrected chi connectivity index (χ4v) is 1.77. The average Bonchev–Trinajstić information content (AvgIpc) is 2.46. The van der Waals surface area contributed by atoms with Gasteiger partial charge in [-0.1, -0.05) is 0 Å². The number of carbonyl (C=O) groups is 2. The van der Waals surface area contributed by atoms with Crippen LogP contribution in [0.1, 0.15) is 24.2 Å². The van der Waals surface area contributed by atoms with Crippen LogP contribution < -0.4 is 0 Å².